The monoisotopic (exact) mass is 421 g/mol. The molecule has 0 saturated heterocycles. The lowest BCUT2D eigenvalue weighted by molar-refractivity contribution is 0.310. The molecule has 0 aromatic heterocycles. The van der Waals surface area contributed by atoms with Crippen molar-refractivity contribution in [2.45, 2.75) is 92.9 Å². The van der Waals surface area contributed by atoms with Gasteiger partial charge in [0.25, 0.3) is 0 Å². The molecule has 1 heteroatoms. The van der Waals surface area contributed by atoms with Gasteiger partial charge in [-0.05, 0) is 82.7 Å². The van der Waals surface area contributed by atoms with Gasteiger partial charge in [-0.1, -0.05) is 93.5 Å². The van der Waals surface area contributed by atoms with E-state index in [0.29, 0.717) is 0 Å². The van der Waals surface area contributed by atoms with Gasteiger partial charge in [-0.2, -0.15) is 0 Å². The van der Waals surface area contributed by atoms with Crippen molar-refractivity contribution in [3.63, 3.8) is 0 Å². The molecule has 0 amide bonds. The number of hydrogen-bond acceptors (Lipinski definition) is 1. The Morgan fingerprint density at radius 3 is 1.10 bits per heavy atom. The Kier molecular flexibility index (Phi) is 8.42. The quantitative estimate of drug-likeness (QED) is 0.403. The van der Waals surface area contributed by atoms with Crippen molar-refractivity contribution in [2.24, 2.45) is 23.7 Å². The molecule has 2 aromatic rings. The second-order valence-corrected chi connectivity index (χ2v) is 11.9. The summed E-state index contributed by atoms with van der Waals surface area (Å²) in [5.41, 5.74) is 5.53. The maximum absolute atomic E-state index is 3.58. The van der Waals surface area contributed by atoms with E-state index in [1.165, 1.54) is 24.0 Å². The van der Waals surface area contributed by atoms with Crippen molar-refractivity contribution in [2.75, 3.05) is 5.32 Å². The van der Waals surface area contributed by atoms with Gasteiger partial charge in [-0.15, -0.1) is 0 Å². The molecule has 0 radical (unpaired) electrons. The molecule has 0 fully saturated rings. The average molecular weight is 422 g/mol. The molecule has 172 valence electrons. The molecule has 2 atom stereocenters. The third-order valence-corrected chi connectivity index (χ3v) is 7.56. The molecule has 31 heavy (non-hydrogen) atoms. The fraction of sp³-hybridized carbons (Fsp3) is 0.600. The van der Waals surface area contributed by atoms with Crippen molar-refractivity contribution in [1.29, 1.82) is 0 Å². The Hall–Kier alpha value is -1.76. The maximum Gasteiger partial charge on any atom is 0.0384 e. The summed E-state index contributed by atoms with van der Waals surface area (Å²) in [5, 5.41) is 3.58. The number of hydrogen-bond donors (Lipinski definition) is 1. The molecule has 0 aliphatic carbocycles. The van der Waals surface area contributed by atoms with Crippen LogP contribution in [0.4, 0.5) is 11.4 Å². The Morgan fingerprint density at radius 1 is 0.548 bits per heavy atom. The van der Waals surface area contributed by atoms with Gasteiger partial charge in [-0.25, -0.2) is 0 Å². The molecule has 1 nitrogen and oxygen atoms in total. The van der Waals surface area contributed by atoms with Crippen molar-refractivity contribution >= 4 is 11.4 Å². The molecule has 1 N–H and O–H groups in total. The van der Waals surface area contributed by atoms with Crippen LogP contribution >= 0.6 is 0 Å². The number of benzene rings is 2. The first-order valence-corrected chi connectivity index (χ1v) is 12.3. The van der Waals surface area contributed by atoms with E-state index in [-0.39, 0.29) is 10.8 Å². The van der Waals surface area contributed by atoms with Crippen molar-refractivity contribution in [3.05, 3.63) is 59.7 Å². The lowest BCUT2D eigenvalue weighted by Crippen LogP contribution is -2.23. The lowest BCUT2D eigenvalue weighted by atomic mass is 9.75. The highest BCUT2D eigenvalue weighted by Crippen LogP contribution is 2.35. The zero-order valence-electron chi connectivity index (χ0n) is 21.8. The molecule has 0 aliphatic rings. The van der Waals surface area contributed by atoms with Crippen LogP contribution in [-0.2, 0) is 10.8 Å². The van der Waals surface area contributed by atoms with Crippen LogP contribution in [0, 0.1) is 23.7 Å². The van der Waals surface area contributed by atoms with E-state index in [1.807, 2.05) is 0 Å². The Morgan fingerprint density at radius 2 is 0.839 bits per heavy atom. The molecule has 0 heterocycles. The summed E-state index contributed by atoms with van der Waals surface area (Å²) in [4.78, 5) is 0. The van der Waals surface area contributed by atoms with Gasteiger partial charge < -0.3 is 5.32 Å². The second-order valence-electron chi connectivity index (χ2n) is 11.9. The average Bonchev–Trinajstić information content (AvgIpc) is 2.68. The Balaban J connectivity index is 2.05. The second kappa shape index (κ2) is 10.2. The largest absolute Gasteiger partial charge is 0.356 e. The summed E-state index contributed by atoms with van der Waals surface area (Å²) in [7, 11) is 0. The van der Waals surface area contributed by atoms with E-state index in [9.17, 15) is 0 Å². The minimum Gasteiger partial charge on any atom is -0.356 e. The van der Waals surface area contributed by atoms with Gasteiger partial charge in [0.15, 0.2) is 0 Å². The highest BCUT2D eigenvalue weighted by atomic mass is 14.9. The lowest BCUT2D eigenvalue weighted by Gasteiger charge is -2.31. The van der Waals surface area contributed by atoms with Gasteiger partial charge in [0, 0.05) is 11.4 Å². The predicted molar refractivity (Wildman–Crippen MR) is 139 cm³/mol. The topological polar surface area (TPSA) is 12.0 Å². The molecule has 2 unspecified atom stereocenters. The number of rotatable bonds is 10. The smallest absolute Gasteiger partial charge is 0.0384 e. The van der Waals surface area contributed by atoms with Crippen LogP contribution in [0.5, 0.6) is 0 Å². The first-order valence-electron chi connectivity index (χ1n) is 12.3. The SMILES string of the molecule is CC(C)C(C)CC(C)(C)c1ccc(Nc2ccc(C(C)(C)CC(C)C(C)C)cc2)cc1. The zero-order chi connectivity index (χ0) is 23.4. The van der Waals surface area contributed by atoms with Crippen LogP contribution in [0.15, 0.2) is 48.5 Å². The summed E-state index contributed by atoms with van der Waals surface area (Å²) in [6.45, 7) is 23.5. The van der Waals surface area contributed by atoms with Crippen LogP contribution in [0.1, 0.15) is 93.2 Å². The minimum atomic E-state index is 0.197. The molecular weight excluding hydrogens is 374 g/mol. The highest BCUT2D eigenvalue weighted by molar-refractivity contribution is 5.60. The summed E-state index contributed by atoms with van der Waals surface area (Å²) in [5.74, 6) is 2.89. The number of anilines is 2. The predicted octanol–water partition coefficient (Wildman–Crippen LogP) is 9.35. The molecule has 0 aliphatic heterocycles. The van der Waals surface area contributed by atoms with Crippen LogP contribution in [0.2, 0.25) is 0 Å². The van der Waals surface area contributed by atoms with E-state index in [0.717, 1.165) is 35.0 Å². The van der Waals surface area contributed by atoms with Crippen LogP contribution in [0.3, 0.4) is 0 Å². The van der Waals surface area contributed by atoms with Crippen molar-refractivity contribution in [1.82, 2.24) is 0 Å². The van der Waals surface area contributed by atoms with E-state index >= 15 is 0 Å². The Bertz CT molecular complexity index is 724. The third kappa shape index (κ3) is 7.13. The van der Waals surface area contributed by atoms with Crippen molar-refractivity contribution < 1.29 is 0 Å². The van der Waals surface area contributed by atoms with E-state index < -0.39 is 0 Å². The fourth-order valence-corrected chi connectivity index (χ4v) is 4.49. The third-order valence-electron chi connectivity index (χ3n) is 7.56. The molecule has 2 aromatic carbocycles. The summed E-state index contributed by atoms with van der Waals surface area (Å²) >= 11 is 0. The molecule has 2 rings (SSSR count). The summed E-state index contributed by atoms with van der Waals surface area (Å²) < 4.78 is 0. The normalized spacial score (nSPS) is 14.7. The maximum atomic E-state index is 3.58. The minimum absolute atomic E-state index is 0.197. The Labute approximate surface area is 193 Å². The molecule has 0 bridgehead atoms. The van der Waals surface area contributed by atoms with Crippen LogP contribution in [0.25, 0.3) is 0 Å². The standard InChI is InChI=1S/C30H47N/c1-21(2)23(5)19-29(7,8)25-11-15-27(16-12-25)31-28-17-13-26(14-18-28)30(9,10)20-24(6)22(3)4/h11-18,21-24,31H,19-20H2,1-10H3. The zero-order valence-corrected chi connectivity index (χ0v) is 21.8. The van der Waals surface area contributed by atoms with Gasteiger partial charge in [0.2, 0.25) is 0 Å². The highest BCUT2D eigenvalue weighted by Gasteiger charge is 2.25. The van der Waals surface area contributed by atoms with E-state index in [1.54, 1.807) is 0 Å². The van der Waals surface area contributed by atoms with Gasteiger partial charge in [0.1, 0.15) is 0 Å². The molecule has 0 spiro atoms. The molecule has 0 saturated carbocycles. The van der Waals surface area contributed by atoms with Crippen LogP contribution in [-0.4, -0.2) is 0 Å². The summed E-state index contributed by atoms with van der Waals surface area (Å²) in [6, 6.07) is 18.1. The molecular formula is C30H47N. The van der Waals surface area contributed by atoms with E-state index in [4.69, 9.17) is 0 Å². The first kappa shape index (κ1) is 25.5. The van der Waals surface area contributed by atoms with Gasteiger partial charge in [0.05, 0.1) is 0 Å². The van der Waals surface area contributed by atoms with E-state index in [2.05, 4.69) is 123 Å². The summed E-state index contributed by atoms with van der Waals surface area (Å²) in [6.07, 6.45) is 2.42. The van der Waals surface area contributed by atoms with Crippen LogP contribution < -0.4 is 5.32 Å². The number of nitrogens with one attached hydrogen (secondary N) is 1. The van der Waals surface area contributed by atoms with Crippen molar-refractivity contribution in [3.8, 4) is 0 Å². The fourth-order valence-electron chi connectivity index (χ4n) is 4.49. The van der Waals surface area contributed by atoms with Gasteiger partial charge >= 0.3 is 0 Å². The van der Waals surface area contributed by atoms with Gasteiger partial charge in [-0.3, -0.25) is 0 Å². The first-order chi connectivity index (χ1) is 14.3.